The molecule has 1 atom stereocenters. The van der Waals surface area contributed by atoms with E-state index in [1.54, 1.807) is 0 Å². The maximum atomic E-state index is 7.87. The normalized spacial score (nSPS) is 14.0. The lowest BCUT2D eigenvalue weighted by Gasteiger charge is -2.42. The van der Waals surface area contributed by atoms with Gasteiger partial charge in [-0.15, -0.1) is 0 Å². The smallest absolute Gasteiger partial charge is 0.265 e. The van der Waals surface area contributed by atoms with Crippen molar-refractivity contribution in [1.82, 2.24) is 0 Å². The molecule has 2 aromatic rings. The third kappa shape index (κ3) is 6.61. The van der Waals surface area contributed by atoms with Crippen molar-refractivity contribution in [3.05, 3.63) is 72.8 Å². The van der Waals surface area contributed by atoms with Crippen molar-refractivity contribution < 1.29 is 9.16 Å². The summed E-state index contributed by atoms with van der Waals surface area (Å²) in [6.45, 7) is 11.1. The van der Waals surface area contributed by atoms with Crippen molar-refractivity contribution in [1.29, 1.82) is 5.41 Å². The number of hydrogen-bond donors (Lipinski definition) is 1. The number of ether oxygens (including phenoxy) is 1. The van der Waals surface area contributed by atoms with Crippen molar-refractivity contribution in [2.75, 3.05) is 6.61 Å². The highest BCUT2D eigenvalue weighted by atomic mass is 35.6. The molecule has 32 heavy (non-hydrogen) atoms. The molecule has 0 bridgehead atoms. The van der Waals surface area contributed by atoms with Crippen LogP contribution in [0.25, 0.3) is 0 Å². The molecule has 0 saturated carbocycles. The second-order valence-electron chi connectivity index (χ2n) is 9.06. The second-order valence-corrected chi connectivity index (χ2v) is 15.6. The van der Waals surface area contributed by atoms with Gasteiger partial charge in [0, 0.05) is 0 Å². The summed E-state index contributed by atoms with van der Waals surface area (Å²) in [5.74, 6) is -0.300. The van der Waals surface area contributed by atoms with Crippen LogP contribution in [0.5, 0.6) is 0 Å². The van der Waals surface area contributed by atoms with Gasteiger partial charge in [-0.2, -0.15) is 0 Å². The first-order valence-corrected chi connectivity index (χ1v) is 13.7. The lowest BCUT2D eigenvalue weighted by atomic mass is 10.1. The fourth-order valence-corrected chi connectivity index (χ4v) is 8.36. The molecule has 0 saturated heterocycles. The lowest BCUT2D eigenvalue weighted by Crippen LogP contribution is -2.66. The van der Waals surface area contributed by atoms with Gasteiger partial charge in [-0.1, -0.05) is 136 Å². The van der Waals surface area contributed by atoms with Crippen LogP contribution in [0.3, 0.4) is 0 Å². The minimum absolute atomic E-state index is 0.0896. The predicted octanol–water partition coefficient (Wildman–Crippen LogP) is 6.51. The molecule has 0 amide bonds. The van der Waals surface area contributed by atoms with E-state index in [0.29, 0.717) is 6.61 Å². The van der Waals surface area contributed by atoms with E-state index in [4.69, 9.17) is 49.4 Å². The van der Waals surface area contributed by atoms with E-state index in [0.717, 1.165) is 0 Å². The van der Waals surface area contributed by atoms with Gasteiger partial charge in [0.15, 0.2) is 0 Å². The van der Waals surface area contributed by atoms with Gasteiger partial charge in [0.05, 0.1) is 6.61 Å². The summed E-state index contributed by atoms with van der Waals surface area (Å²) in [6.07, 6.45) is 3.42. The molecule has 0 aliphatic carbocycles. The first-order chi connectivity index (χ1) is 14.9. The molecule has 1 N–H and O–H groups in total. The lowest BCUT2D eigenvalue weighted by molar-refractivity contribution is 0.178. The zero-order valence-electron chi connectivity index (χ0n) is 19.2. The van der Waals surface area contributed by atoms with E-state index in [-0.39, 0.29) is 11.0 Å². The van der Waals surface area contributed by atoms with Gasteiger partial charge in [-0.3, -0.25) is 5.41 Å². The fraction of sp³-hybridized carbons (Fsp3) is 0.400. The highest BCUT2D eigenvalue weighted by molar-refractivity contribution is 6.99. The predicted molar refractivity (Wildman–Crippen MR) is 140 cm³/mol. The van der Waals surface area contributed by atoms with Crippen LogP contribution in [0.15, 0.2) is 72.8 Å². The summed E-state index contributed by atoms with van der Waals surface area (Å²) >= 11 is 17.3. The Morgan fingerprint density at radius 3 is 1.78 bits per heavy atom. The summed E-state index contributed by atoms with van der Waals surface area (Å²) in [6, 6.07) is 21.0. The number of alkyl halides is 3. The van der Waals surface area contributed by atoms with E-state index in [1.165, 1.54) is 10.4 Å². The van der Waals surface area contributed by atoms with Crippen LogP contribution in [0.2, 0.25) is 5.04 Å². The Morgan fingerprint density at radius 2 is 1.41 bits per heavy atom. The molecule has 0 unspecified atom stereocenters. The summed E-state index contributed by atoms with van der Waals surface area (Å²) in [5.41, 5.74) is 0. The molecule has 0 heterocycles. The molecule has 2 aromatic carbocycles. The van der Waals surface area contributed by atoms with Crippen molar-refractivity contribution >= 4 is 59.4 Å². The second kappa shape index (κ2) is 11.2. The number of halogens is 3. The van der Waals surface area contributed by atoms with Crippen molar-refractivity contribution in [2.45, 2.75) is 49.6 Å². The molecule has 7 heteroatoms. The van der Waals surface area contributed by atoms with Gasteiger partial charge in [0.1, 0.15) is 6.10 Å². The topological polar surface area (TPSA) is 42.3 Å². The molecule has 2 rings (SSSR count). The molecule has 0 radical (unpaired) electrons. The van der Waals surface area contributed by atoms with Crippen LogP contribution in [-0.2, 0) is 9.16 Å². The molecule has 0 spiro atoms. The van der Waals surface area contributed by atoms with Gasteiger partial charge in [-0.25, -0.2) is 0 Å². The monoisotopic (exact) mass is 511 g/mol. The van der Waals surface area contributed by atoms with Crippen LogP contribution in [0.4, 0.5) is 0 Å². The van der Waals surface area contributed by atoms with E-state index in [2.05, 4.69) is 69.3 Å². The Bertz CT molecular complexity index is 851. The van der Waals surface area contributed by atoms with Gasteiger partial charge >= 0.3 is 0 Å². The first-order valence-electron chi connectivity index (χ1n) is 10.6. The molecule has 0 fully saturated rings. The summed E-state index contributed by atoms with van der Waals surface area (Å²) in [7, 11) is -2.61. The largest absolute Gasteiger partial charge is 0.470 e. The van der Waals surface area contributed by atoms with Crippen molar-refractivity contribution in [2.24, 2.45) is 5.92 Å². The van der Waals surface area contributed by atoms with Crippen molar-refractivity contribution in [3.8, 4) is 0 Å². The Balaban J connectivity index is 2.34. The summed E-state index contributed by atoms with van der Waals surface area (Å²) < 4.78 is 10.6. The van der Waals surface area contributed by atoms with E-state index in [1.807, 2.05) is 38.1 Å². The Hall–Kier alpha value is -1.30. The average Bonchev–Trinajstić information content (AvgIpc) is 2.72. The first kappa shape index (κ1) is 26.9. The number of nitrogens with one attached hydrogen (secondary N) is 1. The summed E-state index contributed by atoms with van der Waals surface area (Å²) in [5, 5.41) is 10.2. The summed E-state index contributed by atoms with van der Waals surface area (Å²) in [4.78, 5) is 0. The van der Waals surface area contributed by atoms with Gasteiger partial charge < -0.3 is 9.16 Å². The SMILES string of the molecule is CC(C)[C@H](/C=C/CO[Si](c1ccccc1)(c1ccccc1)C(C)(C)C)OC(=N)C(Cl)(Cl)Cl. The highest BCUT2D eigenvalue weighted by Gasteiger charge is 2.49. The third-order valence-corrected chi connectivity index (χ3v) is 10.8. The van der Waals surface area contributed by atoms with E-state index >= 15 is 0 Å². The van der Waals surface area contributed by atoms with Gasteiger partial charge in [-0.05, 0) is 27.4 Å². The zero-order chi connectivity index (χ0) is 24.0. The van der Waals surface area contributed by atoms with Crippen molar-refractivity contribution in [3.63, 3.8) is 0 Å². The maximum absolute atomic E-state index is 7.87. The minimum atomic E-state index is -2.61. The third-order valence-electron chi connectivity index (χ3n) is 5.31. The Labute approximate surface area is 208 Å². The average molecular weight is 513 g/mol. The van der Waals surface area contributed by atoms with Gasteiger partial charge in [0.2, 0.25) is 5.90 Å². The Morgan fingerprint density at radius 1 is 0.938 bits per heavy atom. The maximum Gasteiger partial charge on any atom is 0.265 e. The number of benzene rings is 2. The van der Waals surface area contributed by atoms with Crippen LogP contribution >= 0.6 is 34.8 Å². The Kier molecular flexibility index (Phi) is 9.44. The zero-order valence-corrected chi connectivity index (χ0v) is 22.5. The molecule has 0 aromatic heterocycles. The number of hydrogen-bond acceptors (Lipinski definition) is 3. The fourth-order valence-electron chi connectivity index (χ4n) is 3.72. The molecule has 174 valence electrons. The standard InChI is InChI=1S/C25H32Cl3NO2Si/c1-19(2)22(31-23(29)25(26,27)28)17-12-18-30-32(24(3,4)5,20-13-8-6-9-14-20)21-15-10-7-11-16-21/h6-17,19,22,29H,18H2,1-5H3/b17-12+,29-23?/t22-/m0/s1. The molecule has 0 aliphatic rings. The van der Waals surface area contributed by atoms with E-state index in [9.17, 15) is 0 Å². The molecular weight excluding hydrogens is 481 g/mol. The molecular formula is C25H32Cl3NO2Si. The van der Waals surface area contributed by atoms with Crippen LogP contribution in [0.1, 0.15) is 34.6 Å². The van der Waals surface area contributed by atoms with Gasteiger partial charge in [0.25, 0.3) is 12.1 Å². The van der Waals surface area contributed by atoms with Crippen LogP contribution in [0, 0.1) is 11.3 Å². The van der Waals surface area contributed by atoms with Crippen LogP contribution in [-0.4, -0.2) is 30.7 Å². The van der Waals surface area contributed by atoms with E-state index < -0.39 is 24.1 Å². The number of rotatable bonds is 8. The molecule has 3 nitrogen and oxygen atoms in total. The van der Waals surface area contributed by atoms with Crippen LogP contribution < -0.4 is 10.4 Å². The highest BCUT2D eigenvalue weighted by Crippen LogP contribution is 2.36. The minimum Gasteiger partial charge on any atom is -0.470 e. The quantitative estimate of drug-likeness (QED) is 0.144. The molecule has 0 aliphatic heterocycles.